The van der Waals surface area contributed by atoms with Crippen LogP contribution in [0.5, 0.6) is 11.5 Å². The van der Waals surface area contributed by atoms with Gasteiger partial charge in [0.2, 0.25) is 6.79 Å². The number of carboxylic acids is 1. The van der Waals surface area contributed by atoms with Crippen LogP contribution in [0, 0.1) is 0 Å². The molecule has 8 heteroatoms. The zero-order valence-corrected chi connectivity index (χ0v) is 18.6. The molecule has 1 aromatic rings. The van der Waals surface area contributed by atoms with Gasteiger partial charge in [-0.1, -0.05) is 68.6 Å². The molecule has 0 spiro atoms. The van der Waals surface area contributed by atoms with E-state index in [0.29, 0.717) is 21.5 Å². The number of fused-ring (bicyclic) bond motifs is 1. The lowest BCUT2D eigenvalue weighted by Gasteiger charge is -2.14. The summed E-state index contributed by atoms with van der Waals surface area (Å²) in [5.74, 6) is 0.679. The van der Waals surface area contributed by atoms with E-state index in [4.69, 9.17) is 26.8 Å². The van der Waals surface area contributed by atoms with Gasteiger partial charge in [0.25, 0.3) is 5.91 Å². The zero-order chi connectivity index (χ0) is 21.3. The van der Waals surface area contributed by atoms with Gasteiger partial charge < -0.3 is 14.6 Å². The number of carbonyl (C=O) groups is 2. The van der Waals surface area contributed by atoms with Crippen molar-refractivity contribution < 1.29 is 24.2 Å². The number of hydrogen-bond acceptors (Lipinski definition) is 6. The number of hydrogen-bond donors (Lipinski definition) is 1. The maximum atomic E-state index is 12.7. The summed E-state index contributed by atoms with van der Waals surface area (Å²) in [6, 6.07) is 5.62. The number of carboxylic acid groups (broad SMARTS) is 1. The van der Waals surface area contributed by atoms with E-state index in [1.165, 1.54) is 11.8 Å². The summed E-state index contributed by atoms with van der Waals surface area (Å²) in [7, 11) is 0. The summed E-state index contributed by atoms with van der Waals surface area (Å²) in [6.45, 7) is 0.882. The van der Waals surface area contributed by atoms with Gasteiger partial charge in [-0.05, 0) is 36.6 Å². The van der Waals surface area contributed by atoms with Crippen LogP contribution in [0.25, 0.3) is 6.08 Å². The average Bonchev–Trinajstić information content (AvgIpc) is 3.28. The number of nitrogens with zero attached hydrogens (tertiary/aromatic N) is 1. The van der Waals surface area contributed by atoms with Crippen molar-refractivity contribution in [3.63, 3.8) is 0 Å². The molecule has 162 valence electrons. The molecule has 1 aromatic carbocycles. The summed E-state index contributed by atoms with van der Waals surface area (Å²) in [5.41, 5.74) is 0.892. The maximum absolute atomic E-state index is 12.7. The highest BCUT2D eigenvalue weighted by Crippen LogP contribution is 2.36. The summed E-state index contributed by atoms with van der Waals surface area (Å²) in [4.78, 5) is 25.5. The lowest BCUT2D eigenvalue weighted by molar-refractivity contribution is -0.137. The predicted octanol–water partition coefficient (Wildman–Crippen LogP) is 5.21. The van der Waals surface area contributed by atoms with Crippen molar-refractivity contribution in [3.05, 3.63) is 28.7 Å². The minimum atomic E-state index is -0.712. The van der Waals surface area contributed by atoms with Crippen molar-refractivity contribution in [1.29, 1.82) is 0 Å². The molecular formula is C22H27NO5S2. The number of ether oxygens (including phenoxy) is 2. The van der Waals surface area contributed by atoms with Crippen LogP contribution in [0.1, 0.15) is 63.4 Å². The van der Waals surface area contributed by atoms with Crippen LogP contribution in [0.15, 0.2) is 23.1 Å². The van der Waals surface area contributed by atoms with Gasteiger partial charge in [0.1, 0.15) is 4.32 Å². The van der Waals surface area contributed by atoms with Crippen molar-refractivity contribution in [1.82, 2.24) is 4.90 Å². The smallest absolute Gasteiger partial charge is 0.303 e. The number of thiocarbonyl (C=S) groups is 1. The second-order valence-electron chi connectivity index (χ2n) is 7.42. The standard InChI is InChI=1S/C22H27NO5S2/c24-20(25)9-7-5-3-1-2-4-6-8-12-23-21(26)19(30-22(23)29)14-16-10-11-17-18(13-16)28-15-27-17/h10-11,13-14H,1-9,12,15H2,(H,24,25). The zero-order valence-electron chi connectivity index (χ0n) is 16.9. The Morgan fingerprint density at radius 3 is 2.47 bits per heavy atom. The summed E-state index contributed by atoms with van der Waals surface area (Å²) >= 11 is 6.76. The number of amides is 1. The van der Waals surface area contributed by atoms with Crippen LogP contribution in [-0.4, -0.2) is 39.5 Å². The highest BCUT2D eigenvalue weighted by molar-refractivity contribution is 8.26. The van der Waals surface area contributed by atoms with E-state index in [0.717, 1.165) is 62.7 Å². The van der Waals surface area contributed by atoms with E-state index in [1.54, 1.807) is 4.90 Å². The van der Waals surface area contributed by atoms with Crippen LogP contribution in [0.2, 0.25) is 0 Å². The van der Waals surface area contributed by atoms with Crippen LogP contribution < -0.4 is 9.47 Å². The summed E-state index contributed by atoms with van der Waals surface area (Å²) in [6.07, 6.45) is 10.4. The average molecular weight is 450 g/mol. The van der Waals surface area contributed by atoms with E-state index in [2.05, 4.69) is 0 Å². The van der Waals surface area contributed by atoms with E-state index >= 15 is 0 Å². The highest BCUT2D eigenvalue weighted by atomic mass is 32.2. The Kier molecular flexibility index (Phi) is 8.57. The van der Waals surface area contributed by atoms with Gasteiger partial charge in [-0.25, -0.2) is 0 Å². The van der Waals surface area contributed by atoms with Gasteiger partial charge in [-0.2, -0.15) is 0 Å². The molecule has 2 aliphatic heterocycles. The first-order chi connectivity index (χ1) is 14.5. The summed E-state index contributed by atoms with van der Waals surface area (Å²) < 4.78 is 11.3. The van der Waals surface area contributed by atoms with Crippen LogP contribution in [0.3, 0.4) is 0 Å². The fourth-order valence-electron chi connectivity index (χ4n) is 3.45. The number of benzene rings is 1. The Morgan fingerprint density at radius 1 is 1.07 bits per heavy atom. The molecular weight excluding hydrogens is 422 g/mol. The van der Waals surface area contributed by atoms with Crippen molar-refractivity contribution in [3.8, 4) is 11.5 Å². The third-order valence-electron chi connectivity index (χ3n) is 5.09. The van der Waals surface area contributed by atoms with Crippen molar-refractivity contribution in [2.45, 2.75) is 57.8 Å². The molecule has 0 aromatic heterocycles. The maximum Gasteiger partial charge on any atom is 0.303 e. The van der Waals surface area contributed by atoms with E-state index in [9.17, 15) is 9.59 Å². The monoisotopic (exact) mass is 449 g/mol. The van der Waals surface area contributed by atoms with E-state index in [-0.39, 0.29) is 19.1 Å². The molecule has 0 radical (unpaired) electrons. The normalized spacial score (nSPS) is 16.7. The quantitative estimate of drug-likeness (QED) is 0.267. The molecule has 0 unspecified atom stereocenters. The van der Waals surface area contributed by atoms with Gasteiger partial charge in [0.15, 0.2) is 11.5 Å². The van der Waals surface area contributed by atoms with Gasteiger partial charge >= 0.3 is 5.97 Å². The lowest BCUT2D eigenvalue weighted by atomic mass is 10.1. The van der Waals surface area contributed by atoms with Crippen molar-refractivity contribution in [2.24, 2.45) is 0 Å². The van der Waals surface area contributed by atoms with Crippen LogP contribution >= 0.6 is 24.0 Å². The molecule has 1 fully saturated rings. The second kappa shape index (κ2) is 11.4. The Morgan fingerprint density at radius 2 is 1.73 bits per heavy atom. The molecule has 0 atom stereocenters. The van der Waals surface area contributed by atoms with Crippen LogP contribution in [-0.2, 0) is 9.59 Å². The molecule has 2 aliphatic rings. The van der Waals surface area contributed by atoms with Crippen molar-refractivity contribution in [2.75, 3.05) is 13.3 Å². The number of carbonyl (C=O) groups excluding carboxylic acids is 1. The fourth-order valence-corrected chi connectivity index (χ4v) is 4.76. The lowest BCUT2D eigenvalue weighted by Crippen LogP contribution is -2.29. The molecule has 0 aliphatic carbocycles. The van der Waals surface area contributed by atoms with Gasteiger partial charge in [0, 0.05) is 13.0 Å². The molecule has 3 rings (SSSR count). The number of aliphatic carboxylic acids is 1. The molecule has 1 amide bonds. The molecule has 0 bridgehead atoms. The molecule has 1 N–H and O–H groups in total. The predicted molar refractivity (Wildman–Crippen MR) is 122 cm³/mol. The third-order valence-corrected chi connectivity index (χ3v) is 6.47. The molecule has 1 saturated heterocycles. The Balaban J connectivity index is 1.36. The number of rotatable bonds is 12. The van der Waals surface area contributed by atoms with Gasteiger partial charge in [0.05, 0.1) is 4.91 Å². The highest BCUT2D eigenvalue weighted by Gasteiger charge is 2.31. The van der Waals surface area contributed by atoms with E-state index in [1.807, 2.05) is 24.3 Å². The molecule has 30 heavy (non-hydrogen) atoms. The fraction of sp³-hybridized carbons (Fsp3) is 0.500. The molecule has 2 heterocycles. The SMILES string of the molecule is O=C(O)CCCCCCCCCCN1C(=O)C(=Cc2ccc3c(c2)OCO3)SC1=S. The first-order valence-corrected chi connectivity index (χ1v) is 11.6. The third kappa shape index (κ3) is 6.47. The van der Waals surface area contributed by atoms with E-state index < -0.39 is 5.97 Å². The first kappa shape index (κ1) is 22.6. The number of unbranched alkanes of at least 4 members (excludes halogenated alkanes) is 7. The van der Waals surface area contributed by atoms with Crippen molar-refractivity contribution >= 4 is 46.3 Å². The minimum Gasteiger partial charge on any atom is -0.481 e. The van der Waals surface area contributed by atoms with Crippen LogP contribution in [0.4, 0.5) is 0 Å². The minimum absolute atomic E-state index is 0.0268. The van der Waals surface area contributed by atoms with Gasteiger partial charge in [-0.3, -0.25) is 14.5 Å². The first-order valence-electron chi connectivity index (χ1n) is 10.4. The molecule has 6 nitrogen and oxygen atoms in total. The largest absolute Gasteiger partial charge is 0.481 e. The topological polar surface area (TPSA) is 76.1 Å². The second-order valence-corrected chi connectivity index (χ2v) is 9.09. The Hall–Kier alpha value is -2.06. The molecule has 0 saturated carbocycles. The van der Waals surface area contributed by atoms with Gasteiger partial charge in [-0.15, -0.1) is 0 Å². The summed E-state index contributed by atoms with van der Waals surface area (Å²) in [5, 5.41) is 8.61. The Labute approximate surface area is 186 Å². The Bertz CT molecular complexity index is 824. The number of thioether (sulfide) groups is 1.